The Kier molecular flexibility index (Phi) is 1.47. The lowest BCUT2D eigenvalue weighted by Gasteiger charge is -2.05. The average molecular weight is 151 g/mol. The van der Waals surface area contributed by atoms with Crippen LogP contribution in [-0.2, 0) is 4.79 Å². The number of carbonyl (C=O) groups excluding carboxylic acids is 1. The van der Waals surface area contributed by atoms with E-state index in [1.807, 2.05) is 12.3 Å². The van der Waals surface area contributed by atoms with Crippen molar-refractivity contribution in [3.05, 3.63) is 18.5 Å². The summed E-state index contributed by atoms with van der Waals surface area (Å²) in [5, 5.41) is 7.00. The molecule has 1 atom stereocenters. The van der Waals surface area contributed by atoms with E-state index in [-0.39, 0.29) is 11.8 Å². The number of ketones is 1. The lowest BCUT2D eigenvalue weighted by molar-refractivity contribution is -0.119. The lowest BCUT2D eigenvalue weighted by atomic mass is 10.2. The normalized spacial score (nSPS) is 24.4. The third-order valence-corrected chi connectivity index (χ3v) is 1.85. The molecule has 11 heavy (non-hydrogen) atoms. The minimum Gasteiger partial charge on any atom is -0.307 e. The van der Waals surface area contributed by atoms with Crippen molar-refractivity contribution >= 4 is 5.78 Å². The summed E-state index contributed by atoms with van der Waals surface area (Å²) in [7, 11) is 0. The third kappa shape index (κ3) is 1.05. The van der Waals surface area contributed by atoms with E-state index in [0.717, 1.165) is 0 Å². The number of nitrogens with one attached hydrogen (secondary N) is 1. The van der Waals surface area contributed by atoms with Crippen LogP contribution in [0.3, 0.4) is 0 Å². The molecule has 1 saturated heterocycles. The van der Waals surface area contributed by atoms with Gasteiger partial charge in [-0.1, -0.05) is 0 Å². The second-order valence-electron chi connectivity index (χ2n) is 2.60. The van der Waals surface area contributed by atoms with Gasteiger partial charge in [-0.2, -0.15) is 5.10 Å². The first-order chi connectivity index (χ1) is 5.38. The molecule has 0 bridgehead atoms. The molecule has 58 valence electrons. The summed E-state index contributed by atoms with van der Waals surface area (Å²) in [6.07, 6.45) is 3.50. The Balaban J connectivity index is 2.23. The van der Waals surface area contributed by atoms with Gasteiger partial charge >= 0.3 is 0 Å². The van der Waals surface area contributed by atoms with Gasteiger partial charge < -0.3 is 5.32 Å². The molecule has 1 unspecified atom stereocenters. The number of aromatic nitrogens is 2. The molecular weight excluding hydrogens is 142 g/mol. The second kappa shape index (κ2) is 2.47. The van der Waals surface area contributed by atoms with E-state index in [1.54, 1.807) is 10.9 Å². The van der Waals surface area contributed by atoms with Gasteiger partial charge in [0.05, 0.1) is 6.54 Å². The Hall–Kier alpha value is -1.16. The van der Waals surface area contributed by atoms with Gasteiger partial charge in [0.1, 0.15) is 6.04 Å². The molecule has 1 fully saturated rings. The molecule has 1 aromatic rings. The zero-order valence-electron chi connectivity index (χ0n) is 6.03. The van der Waals surface area contributed by atoms with Gasteiger partial charge in [0, 0.05) is 18.9 Å². The topological polar surface area (TPSA) is 46.9 Å². The average Bonchev–Trinajstić information content (AvgIpc) is 2.55. The van der Waals surface area contributed by atoms with Gasteiger partial charge in [-0.3, -0.25) is 9.48 Å². The van der Waals surface area contributed by atoms with Crippen molar-refractivity contribution in [2.45, 2.75) is 6.04 Å². The Morgan fingerprint density at radius 1 is 1.73 bits per heavy atom. The van der Waals surface area contributed by atoms with Crippen molar-refractivity contribution < 1.29 is 4.79 Å². The van der Waals surface area contributed by atoms with Crippen LogP contribution in [0.5, 0.6) is 0 Å². The standard InChI is InChI=1S/C7H9N3O/c11-7-5-8-4-6(7)10-3-1-2-9-10/h1-3,6,8H,4-5H2. The first-order valence-corrected chi connectivity index (χ1v) is 3.60. The van der Waals surface area contributed by atoms with E-state index in [2.05, 4.69) is 10.4 Å². The van der Waals surface area contributed by atoms with Crippen molar-refractivity contribution in [1.29, 1.82) is 0 Å². The molecule has 0 aliphatic carbocycles. The van der Waals surface area contributed by atoms with E-state index in [1.165, 1.54) is 0 Å². The van der Waals surface area contributed by atoms with E-state index >= 15 is 0 Å². The fraction of sp³-hybridized carbons (Fsp3) is 0.429. The smallest absolute Gasteiger partial charge is 0.172 e. The third-order valence-electron chi connectivity index (χ3n) is 1.85. The summed E-state index contributed by atoms with van der Waals surface area (Å²) in [4.78, 5) is 11.1. The molecule has 0 aromatic carbocycles. The van der Waals surface area contributed by atoms with Gasteiger partial charge in [-0.25, -0.2) is 0 Å². The SMILES string of the molecule is O=C1CNCC1n1cccn1. The minimum atomic E-state index is -0.0787. The number of carbonyl (C=O) groups is 1. The fourth-order valence-corrected chi connectivity index (χ4v) is 1.27. The first kappa shape index (κ1) is 6.54. The largest absolute Gasteiger partial charge is 0.307 e. The molecule has 1 aromatic heterocycles. The van der Waals surface area contributed by atoms with Crippen molar-refractivity contribution in [2.24, 2.45) is 0 Å². The number of hydrogen-bond donors (Lipinski definition) is 1. The highest BCUT2D eigenvalue weighted by Crippen LogP contribution is 2.08. The van der Waals surface area contributed by atoms with E-state index < -0.39 is 0 Å². The van der Waals surface area contributed by atoms with Crippen LogP contribution in [0.1, 0.15) is 6.04 Å². The van der Waals surface area contributed by atoms with Crippen LogP contribution < -0.4 is 5.32 Å². The van der Waals surface area contributed by atoms with Crippen molar-refractivity contribution in [1.82, 2.24) is 15.1 Å². The van der Waals surface area contributed by atoms with Crippen LogP contribution in [0.15, 0.2) is 18.5 Å². The number of rotatable bonds is 1. The Bertz CT molecular complexity index is 255. The molecule has 4 nitrogen and oxygen atoms in total. The highest BCUT2D eigenvalue weighted by molar-refractivity contribution is 5.86. The van der Waals surface area contributed by atoms with Crippen molar-refractivity contribution in [3.63, 3.8) is 0 Å². The lowest BCUT2D eigenvalue weighted by Crippen LogP contribution is -2.17. The maximum atomic E-state index is 11.1. The van der Waals surface area contributed by atoms with Gasteiger partial charge in [-0.05, 0) is 6.07 Å². The zero-order valence-corrected chi connectivity index (χ0v) is 6.03. The Labute approximate surface area is 64.2 Å². The van der Waals surface area contributed by atoms with E-state index in [9.17, 15) is 4.79 Å². The minimum absolute atomic E-state index is 0.0787. The van der Waals surface area contributed by atoms with Gasteiger partial charge in [0.2, 0.25) is 0 Å². The van der Waals surface area contributed by atoms with Crippen LogP contribution in [0, 0.1) is 0 Å². The summed E-state index contributed by atoms with van der Waals surface area (Å²) < 4.78 is 1.70. The van der Waals surface area contributed by atoms with Crippen molar-refractivity contribution in [3.8, 4) is 0 Å². The maximum absolute atomic E-state index is 11.1. The number of hydrogen-bond acceptors (Lipinski definition) is 3. The molecule has 1 N–H and O–H groups in total. The monoisotopic (exact) mass is 151 g/mol. The molecule has 4 heteroatoms. The van der Waals surface area contributed by atoms with Crippen molar-refractivity contribution in [2.75, 3.05) is 13.1 Å². The van der Waals surface area contributed by atoms with Crippen LogP contribution in [0.2, 0.25) is 0 Å². The number of Topliss-reactive ketones (excluding diaryl/α,β-unsaturated/α-hetero) is 1. The predicted octanol–water partition coefficient (Wildman–Crippen LogP) is -0.404. The maximum Gasteiger partial charge on any atom is 0.172 e. The first-order valence-electron chi connectivity index (χ1n) is 3.60. The van der Waals surface area contributed by atoms with E-state index in [0.29, 0.717) is 13.1 Å². The summed E-state index contributed by atoms with van der Waals surface area (Å²) in [5.41, 5.74) is 0. The Morgan fingerprint density at radius 2 is 2.64 bits per heavy atom. The molecule has 0 saturated carbocycles. The molecule has 0 radical (unpaired) electrons. The summed E-state index contributed by atoms with van der Waals surface area (Å²) in [6.45, 7) is 1.19. The molecular formula is C7H9N3O. The van der Waals surface area contributed by atoms with Crippen LogP contribution in [0.25, 0.3) is 0 Å². The van der Waals surface area contributed by atoms with Crippen LogP contribution >= 0.6 is 0 Å². The molecule has 1 aliphatic rings. The van der Waals surface area contributed by atoms with Gasteiger partial charge in [0.25, 0.3) is 0 Å². The highest BCUT2D eigenvalue weighted by Gasteiger charge is 2.25. The highest BCUT2D eigenvalue weighted by atomic mass is 16.1. The molecule has 0 amide bonds. The molecule has 2 rings (SSSR count). The van der Waals surface area contributed by atoms with Crippen LogP contribution in [-0.4, -0.2) is 28.7 Å². The van der Waals surface area contributed by atoms with Crippen LogP contribution in [0.4, 0.5) is 0 Å². The van der Waals surface area contributed by atoms with Gasteiger partial charge in [0.15, 0.2) is 5.78 Å². The predicted molar refractivity (Wildman–Crippen MR) is 39.1 cm³/mol. The quantitative estimate of drug-likeness (QED) is 0.594. The molecule has 0 spiro atoms. The number of nitrogens with zero attached hydrogens (tertiary/aromatic N) is 2. The fourth-order valence-electron chi connectivity index (χ4n) is 1.27. The zero-order chi connectivity index (χ0) is 7.68. The molecule has 1 aliphatic heterocycles. The summed E-state index contributed by atoms with van der Waals surface area (Å²) >= 11 is 0. The summed E-state index contributed by atoms with van der Waals surface area (Å²) in [6, 6.07) is 1.75. The molecule has 2 heterocycles. The Morgan fingerprint density at radius 3 is 3.18 bits per heavy atom. The summed E-state index contributed by atoms with van der Waals surface area (Å²) in [5.74, 6) is 0.216. The van der Waals surface area contributed by atoms with E-state index in [4.69, 9.17) is 0 Å². The van der Waals surface area contributed by atoms with Gasteiger partial charge in [-0.15, -0.1) is 0 Å². The second-order valence-corrected chi connectivity index (χ2v) is 2.60.